The first-order valence-corrected chi connectivity index (χ1v) is 8.65. The Kier molecular flexibility index (Phi) is 5.90. The molecule has 0 amide bonds. The minimum absolute atomic E-state index is 0.294. The third-order valence-electron chi connectivity index (χ3n) is 4.14. The maximum atomic E-state index is 10.1. The number of aryl methyl sites for hydroxylation is 1. The van der Waals surface area contributed by atoms with Gasteiger partial charge in [0.2, 0.25) is 0 Å². The first-order valence-electron chi connectivity index (χ1n) is 8.65. The van der Waals surface area contributed by atoms with Crippen molar-refractivity contribution >= 4 is 10.9 Å². The second-order valence-corrected chi connectivity index (χ2v) is 6.19. The van der Waals surface area contributed by atoms with Gasteiger partial charge in [0.25, 0.3) is 0 Å². The molecule has 1 unspecified atom stereocenters. The lowest BCUT2D eigenvalue weighted by Gasteiger charge is -2.13. The van der Waals surface area contributed by atoms with Gasteiger partial charge in [-0.15, -0.1) is 0 Å². The number of hydrogen-bond donors (Lipinski definition) is 2. The largest absolute Gasteiger partial charge is 0.493 e. The van der Waals surface area contributed by atoms with Crippen LogP contribution in [0.2, 0.25) is 0 Å². The van der Waals surface area contributed by atoms with E-state index in [4.69, 9.17) is 9.47 Å². The van der Waals surface area contributed by atoms with Gasteiger partial charge in [0.15, 0.2) is 0 Å². The molecule has 1 heterocycles. The molecular weight excluding hydrogens is 316 g/mol. The Hall–Kier alpha value is -2.53. The van der Waals surface area contributed by atoms with Gasteiger partial charge in [0.1, 0.15) is 18.1 Å². The van der Waals surface area contributed by atoms with Crippen LogP contribution in [-0.2, 0) is 0 Å². The second kappa shape index (κ2) is 8.53. The van der Waals surface area contributed by atoms with Crippen LogP contribution in [0.3, 0.4) is 0 Å². The van der Waals surface area contributed by atoms with E-state index in [0.717, 1.165) is 40.8 Å². The summed E-state index contributed by atoms with van der Waals surface area (Å²) in [5.74, 6) is 1.68. The number of ether oxygens (including phenoxy) is 2. The molecule has 132 valence electrons. The monoisotopic (exact) mass is 340 g/mol. The Morgan fingerprint density at radius 2 is 2.00 bits per heavy atom. The van der Waals surface area contributed by atoms with E-state index in [-0.39, 0.29) is 0 Å². The van der Waals surface area contributed by atoms with Gasteiger partial charge in [-0.25, -0.2) is 0 Å². The Morgan fingerprint density at radius 3 is 2.88 bits per heavy atom. The molecule has 3 rings (SSSR count). The lowest BCUT2D eigenvalue weighted by atomic mass is 10.1. The van der Waals surface area contributed by atoms with Crippen molar-refractivity contribution < 1.29 is 14.6 Å². The molecule has 1 aromatic heterocycles. The van der Waals surface area contributed by atoms with Crippen LogP contribution < -0.4 is 9.47 Å². The van der Waals surface area contributed by atoms with Crippen molar-refractivity contribution in [3.8, 4) is 11.5 Å². The lowest BCUT2D eigenvalue weighted by molar-refractivity contribution is 0.0965. The summed E-state index contributed by atoms with van der Waals surface area (Å²) in [6.07, 6.45) is 3.79. The smallest absolute Gasteiger partial charge is 0.122 e. The van der Waals surface area contributed by atoms with Crippen LogP contribution in [0.1, 0.15) is 24.8 Å². The van der Waals surface area contributed by atoms with Crippen molar-refractivity contribution in [3.05, 3.63) is 54.2 Å². The fraction of sp³-hybridized carbons (Fsp3) is 0.350. The SMILES string of the molecule is Cc1ccccc1OCCCCC(O)COc1ccc2[nH]ncc2c1. The van der Waals surface area contributed by atoms with E-state index >= 15 is 0 Å². The second-order valence-electron chi connectivity index (χ2n) is 6.19. The molecule has 0 spiro atoms. The first kappa shape index (κ1) is 17.3. The summed E-state index contributed by atoms with van der Waals surface area (Å²) < 4.78 is 11.4. The third-order valence-corrected chi connectivity index (χ3v) is 4.14. The van der Waals surface area contributed by atoms with Gasteiger partial charge in [-0.3, -0.25) is 5.10 Å². The van der Waals surface area contributed by atoms with Crippen molar-refractivity contribution in [3.63, 3.8) is 0 Å². The molecule has 0 fully saturated rings. The van der Waals surface area contributed by atoms with Gasteiger partial charge in [0, 0.05) is 5.39 Å². The van der Waals surface area contributed by atoms with Crippen LogP contribution >= 0.6 is 0 Å². The molecule has 0 saturated carbocycles. The molecule has 0 aliphatic rings. The quantitative estimate of drug-likeness (QED) is 0.581. The van der Waals surface area contributed by atoms with Gasteiger partial charge >= 0.3 is 0 Å². The average Bonchev–Trinajstić information content (AvgIpc) is 3.09. The Balaban J connectivity index is 1.32. The number of unbranched alkanes of at least 4 members (excludes halogenated alkanes) is 1. The molecule has 0 bridgehead atoms. The van der Waals surface area contributed by atoms with Crippen molar-refractivity contribution in [1.82, 2.24) is 10.2 Å². The number of fused-ring (bicyclic) bond motifs is 1. The minimum Gasteiger partial charge on any atom is -0.493 e. The lowest BCUT2D eigenvalue weighted by Crippen LogP contribution is -2.17. The molecule has 25 heavy (non-hydrogen) atoms. The minimum atomic E-state index is -0.474. The number of aromatic amines is 1. The highest BCUT2D eigenvalue weighted by Gasteiger charge is 2.06. The molecule has 3 aromatic rings. The fourth-order valence-electron chi connectivity index (χ4n) is 2.67. The fourth-order valence-corrected chi connectivity index (χ4v) is 2.67. The van der Waals surface area contributed by atoms with Crippen LogP contribution in [0.15, 0.2) is 48.7 Å². The molecule has 0 radical (unpaired) electrons. The molecule has 2 aromatic carbocycles. The Bertz CT molecular complexity index is 800. The number of para-hydroxylation sites is 1. The maximum Gasteiger partial charge on any atom is 0.122 e. The van der Waals surface area contributed by atoms with Crippen LogP contribution in [0.5, 0.6) is 11.5 Å². The number of hydrogen-bond acceptors (Lipinski definition) is 4. The van der Waals surface area contributed by atoms with E-state index in [0.29, 0.717) is 19.6 Å². The highest BCUT2D eigenvalue weighted by atomic mass is 16.5. The number of benzene rings is 2. The van der Waals surface area contributed by atoms with Crippen molar-refractivity contribution in [2.24, 2.45) is 0 Å². The predicted octanol–water partition coefficient (Wildman–Crippen LogP) is 3.86. The zero-order valence-electron chi connectivity index (χ0n) is 14.4. The highest BCUT2D eigenvalue weighted by Crippen LogP contribution is 2.19. The predicted molar refractivity (Wildman–Crippen MR) is 98.1 cm³/mol. The maximum absolute atomic E-state index is 10.1. The molecular formula is C20H24N2O3. The third kappa shape index (κ3) is 4.97. The summed E-state index contributed by atoms with van der Waals surface area (Å²) in [4.78, 5) is 0. The summed E-state index contributed by atoms with van der Waals surface area (Å²) >= 11 is 0. The van der Waals surface area contributed by atoms with Crippen LogP contribution in [0.25, 0.3) is 10.9 Å². The van der Waals surface area contributed by atoms with E-state index in [1.54, 1.807) is 6.20 Å². The number of aliphatic hydroxyl groups excluding tert-OH is 1. The zero-order valence-corrected chi connectivity index (χ0v) is 14.4. The first-order chi connectivity index (χ1) is 12.2. The number of nitrogens with one attached hydrogen (secondary N) is 1. The van der Waals surface area contributed by atoms with E-state index in [2.05, 4.69) is 10.2 Å². The number of H-pyrrole nitrogens is 1. The highest BCUT2D eigenvalue weighted by molar-refractivity contribution is 5.79. The molecule has 0 aliphatic heterocycles. The van der Waals surface area contributed by atoms with Crippen molar-refractivity contribution in [2.75, 3.05) is 13.2 Å². The Labute approximate surface area is 147 Å². The summed E-state index contributed by atoms with van der Waals surface area (Å²) in [7, 11) is 0. The van der Waals surface area contributed by atoms with E-state index < -0.39 is 6.10 Å². The van der Waals surface area contributed by atoms with Gasteiger partial charge in [-0.2, -0.15) is 5.10 Å². The standard InChI is InChI=1S/C20H24N2O3/c1-15-6-2-3-8-20(15)24-11-5-4-7-17(23)14-25-18-9-10-19-16(12-18)13-21-22-19/h2-3,6,8-10,12-13,17,23H,4-5,7,11,14H2,1H3,(H,21,22). The number of nitrogens with zero attached hydrogens (tertiary/aromatic N) is 1. The summed E-state index contributed by atoms with van der Waals surface area (Å²) in [6, 6.07) is 13.7. The van der Waals surface area contributed by atoms with E-state index in [1.165, 1.54) is 0 Å². The molecule has 0 aliphatic carbocycles. The summed E-state index contributed by atoms with van der Waals surface area (Å²) in [5, 5.41) is 17.9. The Morgan fingerprint density at radius 1 is 1.12 bits per heavy atom. The molecule has 2 N–H and O–H groups in total. The van der Waals surface area contributed by atoms with Crippen molar-refractivity contribution in [1.29, 1.82) is 0 Å². The molecule has 5 heteroatoms. The topological polar surface area (TPSA) is 67.4 Å². The number of aromatic nitrogens is 2. The van der Waals surface area contributed by atoms with Crippen LogP contribution in [-0.4, -0.2) is 34.6 Å². The van der Waals surface area contributed by atoms with E-state index in [1.807, 2.05) is 49.4 Å². The molecule has 0 saturated heterocycles. The summed E-state index contributed by atoms with van der Waals surface area (Å²) in [5.41, 5.74) is 2.12. The zero-order chi connectivity index (χ0) is 17.5. The van der Waals surface area contributed by atoms with Gasteiger partial charge in [-0.1, -0.05) is 18.2 Å². The number of rotatable bonds is 9. The van der Waals surface area contributed by atoms with Gasteiger partial charge in [0.05, 0.1) is 24.4 Å². The van der Waals surface area contributed by atoms with E-state index in [9.17, 15) is 5.11 Å². The normalized spacial score (nSPS) is 12.2. The molecule has 1 atom stereocenters. The summed E-state index contributed by atoms with van der Waals surface area (Å²) in [6.45, 7) is 2.99. The van der Waals surface area contributed by atoms with Gasteiger partial charge in [-0.05, 0) is 56.0 Å². The van der Waals surface area contributed by atoms with Crippen molar-refractivity contribution in [2.45, 2.75) is 32.3 Å². The van der Waals surface area contributed by atoms with Gasteiger partial charge < -0.3 is 14.6 Å². The molecule has 5 nitrogen and oxygen atoms in total. The van der Waals surface area contributed by atoms with Crippen LogP contribution in [0.4, 0.5) is 0 Å². The average molecular weight is 340 g/mol. The van der Waals surface area contributed by atoms with Crippen LogP contribution in [0, 0.1) is 6.92 Å². The number of aliphatic hydroxyl groups is 1.